The highest BCUT2D eigenvalue weighted by atomic mass is 16.6. The van der Waals surface area contributed by atoms with Crippen LogP contribution in [0, 0.1) is 0 Å². The molecule has 0 N–H and O–H groups in total. The van der Waals surface area contributed by atoms with Crippen LogP contribution >= 0.6 is 0 Å². The third kappa shape index (κ3) is 1.45. The second-order valence-electron chi connectivity index (χ2n) is 3.08. The lowest BCUT2D eigenvalue weighted by Gasteiger charge is -1.98. The van der Waals surface area contributed by atoms with Crippen molar-refractivity contribution in [2.45, 2.75) is 6.10 Å². The monoisotopic (exact) mass is 181 g/mol. The van der Waals surface area contributed by atoms with Crippen molar-refractivity contribution in [1.29, 1.82) is 0 Å². The third-order valence-corrected chi connectivity index (χ3v) is 2.13. The SMILES string of the molecule is COC(=O)c1cc(C2CO2)cn1C. The number of epoxide rings is 1. The summed E-state index contributed by atoms with van der Waals surface area (Å²) in [5.41, 5.74) is 1.61. The molecule has 2 heterocycles. The van der Waals surface area contributed by atoms with Gasteiger partial charge < -0.3 is 14.0 Å². The zero-order valence-corrected chi connectivity index (χ0v) is 7.61. The molecule has 13 heavy (non-hydrogen) atoms. The largest absolute Gasteiger partial charge is 0.464 e. The molecule has 0 saturated carbocycles. The number of ether oxygens (including phenoxy) is 2. The Hall–Kier alpha value is -1.29. The van der Waals surface area contributed by atoms with Gasteiger partial charge in [0.1, 0.15) is 11.8 Å². The van der Waals surface area contributed by atoms with Gasteiger partial charge in [-0.15, -0.1) is 0 Å². The molecule has 0 spiro atoms. The van der Waals surface area contributed by atoms with Gasteiger partial charge in [0.2, 0.25) is 0 Å². The van der Waals surface area contributed by atoms with Gasteiger partial charge in [0.05, 0.1) is 13.7 Å². The molecular weight excluding hydrogens is 170 g/mol. The van der Waals surface area contributed by atoms with Crippen molar-refractivity contribution >= 4 is 5.97 Å². The molecule has 1 aromatic heterocycles. The topological polar surface area (TPSA) is 43.8 Å². The molecule has 0 aliphatic carbocycles. The van der Waals surface area contributed by atoms with E-state index in [-0.39, 0.29) is 12.1 Å². The number of aryl methyl sites for hydroxylation is 1. The highest BCUT2D eigenvalue weighted by Crippen LogP contribution is 2.30. The van der Waals surface area contributed by atoms with Crippen molar-refractivity contribution in [3.05, 3.63) is 23.5 Å². The molecule has 1 fully saturated rings. The normalized spacial score (nSPS) is 20.0. The summed E-state index contributed by atoms with van der Waals surface area (Å²) in [6.45, 7) is 0.755. The van der Waals surface area contributed by atoms with E-state index in [1.165, 1.54) is 7.11 Å². The van der Waals surface area contributed by atoms with E-state index in [0.717, 1.165) is 12.2 Å². The van der Waals surface area contributed by atoms with Gasteiger partial charge in [-0.1, -0.05) is 0 Å². The van der Waals surface area contributed by atoms with Gasteiger partial charge in [-0.2, -0.15) is 0 Å². The molecule has 1 aromatic rings. The lowest BCUT2D eigenvalue weighted by molar-refractivity contribution is 0.0590. The van der Waals surface area contributed by atoms with Gasteiger partial charge in [0.15, 0.2) is 0 Å². The summed E-state index contributed by atoms with van der Waals surface area (Å²) in [6, 6.07) is 1.81. The lowest BCUT2D eigenvalue weighted by Crippen LogP contribution is -2.06. The maximum atomic E-state index is 11.2. The number of methoxy groups -OCH3 is 1. The predicted octanol–water partition coefficient (Wildman–Crippen LogP) is 0.883. The van der Waals surface area contributed by atoms with E-state index in [1.54, 1.807) is 4.57 Å². The fourth-order valence-corrected chi connectivity index (χ4v) is 1.31. The standard InChI is InChI=1S/C9H11NO3/c1-10-4-6(8-5-13-8)3-7(10)9(11)12-2/h3-4,8H,5H2,1-2H3. The molecule has 0 radical (unpaired) electrons. The molecule has 1 unspecified atom stereocenters. The summed E-state index contributed by atoms with van der Waals surface area (Å²) in [7, 11) is 3.20. The zero-order valence-electron chi connectivity index (χ0n) is 7.61. The minimum Gasteiger partial charge on any atom is -0.464 e. The lowest BCUT2D eigenvalue weighted by atomic mass is 10.2. The van der Waals surface area contributed by atoms with Crippen LogP contribution in [0.4, 0.5) is 0 Å². The zero-order chi connectivity index (χ0) is 9.42. The molecule has 4 nitrogen and oxygen atoms in total. The van der Waals surface area contributed by atoms with Crippen molar-refractivity contribution in [1.82, 2.24) is 4.57 Å². The first kappa shape index (κ1) is 8.31. The number of aromatic nitrogens is 1. The van der Waals surface area contributed by atoms with Crippen molar-refractivity contribution in [2.24, 2.45) is 7.05 Å². The maximum absolute atomic E-state index is 11.2. The molecule has 0 amide bonds. The first-order chi connectivity index (χ1) is 6.22. The summed E-state index contributed by atoms with van der Waals surface area (Å²) in [6.07, 6.45) is 2.08. The fraction of sp³-hybridized carbons (Fsp3) is 0.444. The Labute approximate surface area is 76.1 Å². The van der Waals surface area contributed by atoms with E-state index < -0.39 is 0 Å². The van der Waals surface area contributed by atoms with Gasteiger partial charge in [-0.05, 0) is 6.07 Å². The Morgan fingerprint density at radius 3 is 3.00 bits per heavy atom. The van der Waals surface area contributed by atoms with Crippen molar-refractivity contribution < 1.29 is 14.3 Å². The van der Waals surface area contributed by atoms with E-state index in [2.05, 4.69) is 4.74 Å². The van der Waals surface area contributed by atoms with Crippen LogP contribution in [0.2, 0.25) is 0 Å². The van der Waals surface area contributed by atoms with Crippen LogP contribution in [-0.4, -0.2) is 24.3 Å². The van der Waals surface area contributed by atoms with Gasteiger partial charge in [-0.25, -0.2) is 4.79 Å². The predicted molar refractivity (Wildman–Crippen MR) is 45.4 cm³/mol. The Morgan fingerprint density at radius 1 is 1.77 bits per heavy atom. The van der Waals surface area contributed by atoms with Crippen LogP contribution in [0.5, 0.6) is 0 Å². The fourth-order valence-electron chi connectivity index (χ4n) is 1.31. The molecule has 4 heteroatoms. The van der Waals surface area contributed by atoms with Gasteiger partial charge in [0.25, 0.3) is 0 Å². The molecule has 2 rings (SSSR count). The summed E-state index contributed by atoms with van der Waals surface area (Å²) in [4.78, 5) is 11.2. The Balaban J connectivity index is 2.29. The first-order valence-electron chi connectivity index (χ1n) is 4.08. The number of hydrogen-bond donors (Lipinski definition) is 0. The van der Waals surface area contributed by atoms with Crippen LogP contribution in [0.3, 0.4) is 0 Å². The molecular formula is C9H11NO3. The quantitative estimate of drug-likeness (QED) is 0.502. The number of nitrogens with zero attached hydrogens (tertiary/aromatic N) is 1. The molecule has 0 bridgehead atoms. The van der Waals surface area contributed by atoms with E-state index in [1.807, 2.05) is 19.3 Å². The van der Waals surface area contributed by atoms with E-state index in [4.69, 9.17) is 4.74 Å². The molecule has 1 atom stereocenters. The van der Waals surface area contributed by atoms with Crippen LogP contribution in [0.15, 0.2) is 12.3 Å². The number of rotatable bonds is 2. The Morgan fingerprint density at radius 2 is 2.46 bits per heavy atom. The number of carbonyl (C=O) groups excluding carboxylic acids is 1. The second kappa shape index (κ2) is 2.88. The Kier molecular flexibility index (Phi) is 1.84. The van der Waals surface area contributed by atoms with E-state index in [0.29, 0.717) is 5.69 Å². The first-order valence-corrected chi connectivity index (χ1v) is 4.08. The Bertz CT molecular complexity index is 339. The third-order valence-electron chi connectivity index (χ3n) is 2.13. The summed E-state index contributed by atoms with van der Waals surface area (Å²) in [5.74, 6) is -0.311. The van der Waals surface area contributed by atoms with Gasteiger partial charge >= 0.3 is 5.97 Å². The van der Waals surface area contributed by atoms with Crippen molar-refractivity contribution in [3.8, 4) is 0 Å². The number of esters is 1. The van der Waals surface area contributed by atoms with Crippen molar-refractivity contribution in [2.75, 3.05) is 13.7 Å². The molecule has 1 saturated heterocycles. The van der Waals surface area contributed by atoms with Crippen LogP contribution in [0.25, 0.3) is 0 Å². The highest BCUT2D eigenvalue weighted by Gasteiger charge is 2.27. The maximum Gasteiger partial charge on any atom is 0.354 e. The van der Waals surface area contributed by atoms with Gasteiger partial charge in [0, 0.05) is 18.8 Å². The van der Waals surface area contributed by atoms with Crippen molar-refractivity contribution in [3.63, 3.8) is 0 Å². The summed E-state index contributed by atoms with van der Waals surface area (Å²) in [5, 5.41) is 0. The molecule has 1 aliphatic rings. The molecule has 1 aliphatic heterocycles. The molecule has 0 aromatic carbocycles. The van der Waals surface area contributed by atoms with Crippen LogP contribution in [0.1, 0.15) is 22.2 Å². The summed E-state index contributed by atoms with van der Waals surface area (Å²) >= 11 is 0. The second-order valence-corrected chi connectivity index (χ2v) is 3.08. The number of hydrogen-bond acceptors (Lipinski definition) is 3. The van der Waals surface area contributed by atoms with E-state index in [9.17, 15) is 4.79 Å². The number of carbonyl (C=O) groups is 1. The average Bonchev–Trinajstić information content (AvgIpc) is 2.89. The minimum absolute atomic E-state index is 0.185. The molecule has 70 valence electrons. The van der Waals surface area contributed by atoms with Crippen LogP contribution < -0.4 is 0 Å². The van der Waals surface area contributed by atoms with Gasteiger partial charge in [-0.3, -0.25) is 0 Å². The van der Waals surface area contributed by atoms with Crippen LogP contribution in [-0.2, 0) is 16.5 Å². The highest BCUT2D eigenvalue weighted by molar-refractivity contribution is 5.87. The minimum atomic E-state index is -0.311. The van der Waals surface area contributed by atoms with E-state index >= 15 is 0 Å². The summed E-state index contributed by atoms with van der Waals surface area (Å²) < 4.78 is 11.5. The smallest absolute Gasteiger partial charge is 0.354 e. The average molecular weight is 181 g/mol.